The summed E-state index contributed by atoms with van der Waals surface area (Å²) in [6.45, 7) is 3.16. The van der Waals surface area contributed by atoms with Crippen molar-refractivity contribution in [3.8, 4) is 0 Å². The van der Waals surface area contributed by atoms with E-state index in [1.165, 1.54) is 11.3 Å². The predicted molar refractivity (Wildman–Crippen MR) is 84.4 cm³/mol. The monoisotopic (exact) mass is 312 g/mol. The van der Waals surface area contributed by atoms with Crippen molar-refractivity contribution in [1.82, 2.24) is 10.6 Å². The van der Waals surface area contributed by atoms with Gasteiger partial charge in [-0.25, -0.2) is 0 Å². The third-order valence-electron chi connectivity index (χ3n) is 3.24. The molecular formula is C15H24N2O3S. The third-order valence-corrected chi connectivity index (χ3v) is 3.93. The number of hydrogen-bond donors (Lipinski definition) is 3. The Labute approximate surface area is 129 Å². The molecule has 1 aromatic heterocycles. The van der Waals surface area contributed by atoms with Gasteiger partial charge in [-0.1, -0.05) is 13.3 Å². The van der Waals surface area contributed by atoms with E-state index in [-0.39, 0.29) is 24.8 Å². The summed E-state index contributed by atoms with van der Waals surface area (Å²) in [5.74, 6) is 0.109. The van der Waals surface area contributed by atoms with Gasteiger partial charge in [-0.3, -0.25) is 9.59 Å². The normalized spacial score (nSPS) is 11.9. The molecule has 1 aromatic rings. The Morgan fingerprint density at radius 2 is 2.14 bits per heavy atom. The van der Waals surface area contributed by atoms with Gasteiger partial charge in [-0.2, -0.15) is 11.3 Å². The highest BCUT2D eigenvalue weighted by molar-refractivity contribution is 7.08. The van der Waals surface area contributed by atoms with Crippen LogP contribution in [0.1, 0.15) is 43.0 Å². The maximum atomic E-state index is 11.7. The summed E-state index contributed by atoms with van der Waals surface area (Å²) in [6.07, 6.45) is 3.02. The van der Waals surface area contributed by atoms with E-state index < -0.39 is 0 Å². The van der Waals surface area contributed by atoms with E-state index in [4.69, 9.17) is 5.11 Å². The Morgan fingerprint density at radius 3 is 2.76 bits per heavy atom. The maximum absolute atomic E-state index is 11.7. The average molecular weight is 312 g/mol. The zero-order valence-corrected chi connectivity index (χ0v) is 13.2. The molecule has 0 saturated carbocycles. The molecule has 0 spiro atoms. The Morgan fingerprint density at radius 1 is 1.33 bits per heavy atom. The standard InChI is InChI=1S/C15H24N2O3S/c1-2-3-12(5-8-18)10-17-14(19)4-7-16-15(20)13-6-9-21-11-13/h6,9,11-12,18H,2-5,7-8,10H2,1H3,(H,16,20)(H,17,19). The molecule has 0 fully saturated rings. The summed E-state index contributed by atoms with van der Waals surface area (Å²) in [5.41, 5.74) is 0.631. The first kappa shape index (κ1) is 17.7. The van der Waals surface area contributed by atoms with Crippen molar-refractivity contribution in [2.75, 3.05) is 19.7 Å². The lowest BCUT2D eigenvalue weighted by atomic mass is 10.0. The molecule has 2 amide bonds. The largest absolute Gasteiger partial charge is 0.396 e. The van der Waals surface area contributed by atoms with Gasteiger partial charge in [0.15, 0.2) is 0 Å². The number of hydrogen-bond acceptors (Lipinski definition) is 4. The first-order chi connectivity index (χ1) is 10.2. The minimum absolute atomic E-state index is 0.0698. The van der Waals surface area contributed by atoms with E-state index in [1.807, 2.05) is 5.38 Å². The zero-order chi connectivity index (χ0) is 15.5. The summed E-state index contributed by atoms with van der Waals surface area (Å²) < 4.78 is 0. The Hall–Kier alpha value is -1.40. The van der Waals surface area contributed by atoms with Crippen molar-refractivity contribution in [3.63, 3.8) is 0 Å². The van der Waals surface area contributed by atoms with E-state index >= 15 is 0 Å². The van der Waals surface area contributed by atoms with Crippen LogP contribution in [0, 0.1) is 5.92 Å². The van der Waals surface area contributed by atoms with Gasteiger partial charge in [-0.15, -0.1) is 0 Å². The number of aliphatic hydroxyl groups is 1. The zero-order valence-electron chi connectivity index (χ0n) is 12.4. The molecule has 21 heavy (non-hydrogen) atoms. The first-order valence-electron chi connectivity index (χ1n) is 7.35. The lowest BCUT2D eigenvalue weighted by Crippen LogP contribution is -2.33. The van der Waals surface area contributed by atoms with Gasteiger partial charge in [0.1, 0.15) is 0 Å². The highest BCUT2D eigenvalue weighted by Gasteiger charge is 2.10. The molecular weight excluding hydrogens is 288 g/mol. The van der Waals surface area contributed by atoms with Crippen molar-refractivity contribution in [1.29, 1.82) is 0 Å². The van der Waals surface area contributed by atoms with Crippen LogP contribution in [-0.2, 0) is 4.79 Å². The Kier molecular flexibility index (Phi) is 8.69. The fourth-order valence-electron chi connectivity index (χ4n) is 2.07. The topological polar surface area (TPSA) is 78.4 Å². The van der Waals surface area contributed by atoms with Gasteiger partial charge in [0.25, 0.3) is 5.91 Å². The van der Waals surface area contributed by atoms with Gasteiger partial charge < -0.3 is 15.7 Å². The lowest BCUT2D eigenvalue weighted by molar-refractivity contribution is -0.121. The van der Waals surface area contributed by atoms with Crippen LogP contribution in [-0.4, -0.2) is 36.6 Å². The number of aliphatic hydroxyl groups excluding tert-OH is 1. The van der Waals surface area contributed by atoms with Crippen LogP contribution in [0.4, 0.5) is 0 Å². The van der Waals surface area contributed by atoms with Gasteiger partial charge in [0.2, 0.25) is 5.91 Å². The predicted octanol–water partition coefficient (Wildman–Crippen LogP) is 1.78. The third kappa shape index (κ3) is 7.24. The minimum atomic E-state index is -0.145. The molecule has 3 N–H and O–H groups in total. The molecule has 0 aliphatic carbocycles. The molecule has 5 nitrogen and oxygen atoms in total. The number of carbonyl (C=O) groups excluding carboxylic acids is 2. The van der Waals surface area contributed by atoms with Crippen LogP contribution in [0.3, 0.4) is 0 Å². The van der Waals surface area contributed by atoms with Crippen LogP contribution in [0.25, 0.3) is 0 Å². The van der Waals surface area contributed by atoms with Crippen LogP contribution in [0.15, 0.2) is 16.8 Å². The highest BCUT2D eigenvalue weighted by Crippen LogP contribution is 2.09. The molecule has 1 atom stereocenters. The van der Waals surface area contributed by atoms with Crippen molar-refractivity contribution >= 4 is 23.2 Å². The number of nitrogens with one attached hydrogen (secondary N) is 2. The van der Waals surface area contributed by atoms with Gasteiger partial charge in [-0.05, 0) is 30.2 Å². The second-order valence-corrected chi connectivity index (χ2v) is 5.77. The molecule has 0 aliphatic heterocycles. The Balaban J connectivity index is 2.17. The molecule has 1 heterocycles. The van der Waals surface area contributed by atoms with Gasteiger partial charge >= 0.3 is 0 Å². The second kappa shape index (κ2) is 10.3. The van der Waals surface area contributed by atoms with Crippen LogP contribution in [0.2, 0.25) is 0 Å². The molecule has 6 heteroatoms. The summed E-state index contributed by atoms with van der Waals surface area (Å²) in [6, 6.07) is 1.75. The summed E-state index contributed by atoms with van der Waals surface area (Å²) >= 11 is 1.47. The van der Waals surface area contributed by atoms with Crippen LogP contribution >= 0.6 is 11.3 Å². The van der Waals surface area contributed by atoms with Crippen molar-refractivity contribution < 1.29 is 14.7 Å². The fourth-order valence-corrected chi connectivity index (χ4v) is 2.71. The van der Waals surface area contributed by atoms with E-state index in [1.54, 1.807) is 11.4 Å². The van der Waals surface area contributed by atoms with E-state index in [0.29, 0.717) is 31.0 Å². The van der Waals surface area contributed by atoms with Gasteiger partial charge in [0, 0.05) is 37.1 Å². The van der Waals surface area contributed by atoms with E-state index in [0.717, 1.165) is 12.8 Å². The minimum Gasteiger partial charge on any atom is -0.396 e. The first-order valence-corrected chi connectivity index (χ1v) is 8.29. The summed E-state index contributed by atoms with van der Waals surface area (Å²) in [5, 5.41) is 18.2. The average Bonchev–Trinajstić information content (AvgIpc) is 2.99. The number of thiophene rings is 1. The van der Waals surface area contributed by atoms with Crippen molar-refractivity contribution in [3.05, 3.63) is 22.4 Å². The number of amides is 2. The molecule has 0 saturated heterocycles. The molecule has 1 unspecified atom stereocenters. The smallest absolute Gasteiger partial charge is 0.252 e. The molecule has 1 rings (SSSR count). The SMILES string of the molecule is CCCC(CCO)CNC(=O)CCNC(=O)c1ccsc1. The van der Waals surface area contributed by atoms with E-state index in [9.17, 15) is 9.59 Å². The van der Waals surface area contributed by atoms with Crippen molar-refractivity contribution in [2.45, 2.75) is 32.6 Å². The van der Waals surface area contributed by atoms with E-state index in [2.05, 4.69) is 17.6 Å². The van der Waals surface area contributed by atoms with Crippen LogP contribution < -0.4 is 10.6 Å². The molecule has 118 valence electrons. The summed E-state index contributed by atoms with van der Waals surface area (Å²) in [7, 11) is 0. The molecule has 0 aromatic carbocycles. The molecule has 0 bridgehead atoms. The quantitative estimate of drug-likeness (QED) is 0.616. The van der Waals surface area contributed by atoms with Crippen LogP contribution in [0.5, 0.6) is 0 Å². The second-order valence-electron chi connectivity index (χ2n) is 4.99. The molecule has 0 aliphatic rings. The number of carbonyl (C=O) groups is 2. The van der Waals surface area contributed by atoms with Gasteiger partial charge in [0.05, 0.1) is 0 Å². The number of rotatable bonds is 10. The van der Waals surface area contributed by atoms with Crippen molar-refractivity contribution in [2.24, 2.45) is 5.92 Å². The lowest BCUT2D eigenvalue weighted by Gasteiger charge is -2.15. The fraction of sp³-hybridized carbons (Fsp3) is 0.600. The molecule has 0 radical (unpaired) electrons. The Bertz CT molecular complexity index is 415. The highest BCUT2D eigenvalue weighted by atomic mass is 32.1. The summed E-state index contributed by atoms with van der Waals surface area (Å²) in [4.78, 5) is 23.4. The maximum Gasteiger partial charge on any atom is 0.252 e.